The quantitative estimate of drug-likeness (QED) is 0.0630. The van der Waals surface area contributed by atoms with E-state index in [1.54, 1.807) is 0 Å². The van der Waals surface area contributed by atoms with Crippen molar-refractivity contribution in [2.75, 3.05) is 13.2 Å². The standard InChI is InChI=1S/C35H52O16/c1-16-12-34-9-5-19-32(2,20(34)6-10-35(16,15-34)51-30-28(45)25(42)23(40)17(13-36)48-30)7-4-8-33(19,3)31(46)50-29-27(44)26(43)24(41)18(49-29)14-47-22(39)11-21(37)38/h17-20,23-30,36,40-45H,1,4-15H2,2-3H3,(H,37,38)/t17-,18-,19+,20+,23-,24-,25+,26+,27-,28-,29+,30+,32-,33-,34-,35?/m1/s1. The predicted molar refractivity (Wildman–Crippen MR) is 170 cm³/mol. The highest BCUT2D eigenvalue weighted by Gasteiger charge is 2.69. The highest BCUT2D eigenvalue weighted by molar-refractivity contribution is 5.90. The maximum absolute atomic E-state index is 14.2. The molecule has 4 aliphatic carbocycles. The van der Waals surface area contributed by atoms with Gasteiger partial charge in [0.15, 0.2) is 6.29 Å². The molecular weight excluding hydrogens is 676 g/mol. The van der Waals surface area contributed by atoms with Gasteiger partial charge in [0.25, 0.3) is 0 Å². The first-order valence-electron chi connectivity index (χ1n) is 17.9. The summed E-state index contributed by atoms with van der Waals surface area (Å²) in [5.41, 5.74) is -1.52. The number of fused-ring (bicyclic) bond motifs is 3. The molecule has 1 unspecified atom stereocenters. The molecule has 1 spiro atoms. The molecule has 6 fully saturated rings. The molecule has 16 atom stereocenters. The summed E-state index contributed by atoms with van der Waals surface area (Å²) >= 11 is 0. The molecule has 0 aromatic rings. The predicted octanol–water partition coefficient (Wildman–Crippen LogP) is -0.737. The van der Waals surface area contributed by atoms with Crippen LogP contribution in [0.3, 0.4) is 0 Å². The van der Waals surface area contributed by atoms with Gasteiger partial charge in [0.1, 0.15) is 61.9 Å². The molecule has 0 amide bonds. The van der Waals surface area contributed by atoms with Crippen molar-refractivity contribution >= 4 is 17.9 Å². The van der Waals surface area contributed by atoms with Crippen LogP contribution in [-0.2, 0) is 38.1 Å². The highest BCUT2D eigenvalue weighted by Crippen LogP contribution is 2.73. The molecule has 2 saturated heterocycles. The lowest BCUT2D eigenvalue weighted by Gasteiger charge is -2.64. The van der Waals surface area contributed by atoms with Crippen molar-refractivity contribution < 1.29 is 78.9 Å². The Morgan fingerprint density at radius 3 is 2.12 bits per heavy atom. The van der Waals surface area contributed by atoms with E-state index in [-0.39, 0.29) is 22.7 Å². The van der Waals surface area contributed by atoms with Gasteiger partial charge in [-0.3, -0.25) is 14.4 Å². The van der Waals surface area contributed by atoms with Crippen molar-refractivity contribution in [1.29, 1.82) is 0 Å². The van der Waals surface area contributed by atoms with Crippen LogP contribution in [0.15, 0.2) is 12.2 Å². The Hall–Kier alpha value is -2.25. The Morgan fingerprint density at radius 2 is 1.45 bits per heavy atom. The number of esters is 2. The molecule has 16 heteroatoms. The first-order chi connectivity index (χ1) is 23.9. The van der Waals surface area contributed by atoms with Crippen LogP contribution >= 0.6 is 0 Å². The topological polar surface area (TPSA) is 259 Å². The highest BCUT2D eigenvalue weighted by atomic mass is 16.7. The summed E-state index contributed by atoms with van der Waals surface area (Å²) in [6, 6.07) is 0. The lowest BCUT2D eigenvalue weighted by Crippen LogP contribution is -2.63. The normalized spacial score (nSPS) is 49.4. The third kappa shape index (κ3) is 6.42. The summed E-state index contributed by atoms with van der Waals surface area (Å²) in [6.07, 6.45) is -10.3. The molecule has 6 aliphatic rings. The number of hydrogen-bond acceptors (Lipinski definition) is 15. The molecule has 4 saturated carbocycles. The number of carbonyl (C=O) groups is 3. The van der Waals surface area contributed by atoms with Gasteiger partial charge in [-0.25, -0.2) is 0 Å². The molecule has 0 radical (unpaired) electrons. The van der Waals surface area contributed by atoms with E-state index in [0.29, 0.717) is 32.1 Å². The van der Waals surface area contributed by atoms with Gasteiger partial charge in [-0.15, -0.1) is 0 Å². The van der Waals surface area contributed by atoms with E-state index in [4.69, 9.17) is 28.8 Å². The largest absolute Gasteiger partial charge is 0.481 e. The smallest absolute Gasteiger partial charge is 0.317 e. The van der Waals surface area contributed by atoms with Crippen molar-refractivity contribution in [3.63, 3.8) is 0 Å². The second-order valence-corrected chi connectivity index (χ2v) is 16.3. The second kappa shape index (κ2) is 13.9. The lowest BCUT2D eigenvalue weighted by molar-refractivity contribution is -0.327. The maximum Gasteiger partial charge on any atom is 0.317 e. The summed E-state index contributed by atoms with van der Waals surface area (Å²) in [5, 5.41) is 81.6. The Labute approximate surface area is 295 Å². The van der Waals surface area contributed by atoms with Crippen molar-refractivity contribution in [3.05, 3.63) is 12.2 Å². The van der Waals surface area contributed by atoms with Gasteiger partial charge in [0, 0.05) is 0 Å². The van der Waals surface area contributed by atoms with E-state index in [2.05, 4.69) is 13.5 Å². The Balaban J connectivity index is 1.16. The van der Waals surface area contributed by atoms with Gasteiger partial charge in [0.05, 0.1) is 17.6 Å². The van der Waals surface area contributed by atoms with Crippen LogP contribution in [0.4, 0.5) is 0 Å². The fraction of sp³-hybridized carbons (Fsp3) is 0.857. The molecule has 288 valence electrons. The fourth-order valence-corrected chi connectivity index (χ4v) is 10.9. The average molecular weight is 729 g/mol. The molecule has 2 aliphatic heterocycles. The third-order valence-corrected chi connectivity index (χ3v) is 13.4. The van der Waals surface area contributed by atoms with Gasteiger partial charge in [0.2, 0.25) is 6.29 Å². The maximum atomic E-state index is 14.2. The summed E-state index contributed by atoms with van der Waals surface area (Å²) in [6.45, 7) is 7.26. The minimum Gasteiger partial charge on any atom is -0.481 e. The first kappa shape index (κ1) is 38.5. The Kier molecular flexibility index (Phi) is 10.5. The van der Waals surface area contributed by atoms with Gasteiger partial charge in [-0.05, 0) is 86.5 Å². The second-order valence-electron chi connectivity index (χ2n) is 16.3. The van der Waals surface area contributed by atoms with Crippen LogP contribution in [0.2, 0.25) is 0 Å². The van der Waals surface area contributed by atoms with Crippen LogP contribution in [0.1, 0.15) is 78.1 Å². The molecule has 8 N–H and O–H groups in total. The first-order valence-corrected chi connectivity index (χ1v) is 17.9. The number of rotatable bonds is 9. The molecule has 51 heavy (non-hydrogen) atoms. The van der Waals surface area contributed by atoms with E-state index in [0.717, 1.165) is 31.3 Å². The van der Waals surface area contributed by atoms with Gasteiger partial charge in [-0.1, -0.05) is 19.9 Å². The van der Waals surface area contributed by atoms with Crippen molar-refractivity contribution in [2.45, 2.75) is 145 Å². The lowest BCUT2D eigenvalue weighted by atomic mass is 9.41. The van der Waals surface area contributed by atoms with E-state index < -0.39 is 110 Å². The van der Waals surface area contributed by atoms with Crippen molar-refractivity contribution in [1.82, 2.24) is 0 Å². The summed E-state index contributed by atoms with van der Waals surface area (Å²) < 4.78 is 28.5. The third-order valence-electron chi connectivity index (χ3n) is 13.4. The van der Waals surface area contributed by atoms with Gasteiger partial charge in [-0.2, -0.15) is 0 Å². The fourth-order valence-electron chi connectivity index (χ4n) is 10.9. The van der Waals surface area contributed by atoms with Crippen LogP contribution in [0.5, 0.6) is 0 Å². The van der Waals surface area contributed by atoms with E-state index in [1.165, 1.54) is 0 Å². The van der Waals surface area contributed by atoms with Crippen molar-refractivity contribution in [2.24, 2.45) is 28.1 Å². The average Bonchev–Trinajstić information content (AvgIpc) is 3.27. The zero-order valence-electron chi connectivity index (χ0n) is 29.0. The Morgan fingerprint density at radius 1 is 0.824 bits per heavy atom. The zero-order chi connectivity index (χ0) is 37.3. The van der Waals surface area contributed by atoms with E-state index >= 15 is 0 Å². The molecule has 2 heterocycles. The minimum absolute atomic E-state index is 0.126. The number of hydrogen-bond donors (Lipinski definition) is 8. The van der Waals surface area contributed by atoms with E-state index in [9.17, 15) is 50.1 Å². The van der Waals surface area contributed by atoms with Crippen molar-refractivity contribution in [3.8, 4) is 0 Å². The number of aliphatic carboxylic acids is 1. The molecule has 6 rings (SSSR count). The summed E-state index contributed by atoms with van der Waals surface area (Å²) in [5.74, 6) is -3.10. The van der Waals surface area contributed by atoms with Crippen LogP contribution < -0.4 is 0 Å². The van der Waals surface area contributed by atoms with Crippen LogP contribution in [0.25, 0.3) is 0 Å². The molecular formula is C35H52O16. The van der Waals surface area contributed by atoms with Crippen LogP contribution in [0, 0.1) is 28.1 Å². The molecule has 0 aromatic heterocycles. The molecule has 2 bridgehead atoms. The summed E-state index contributed by atoms with van der Waals surface area (Å²) in [4.78, 5) is 36.7. The number of carbonyl (C=O) groups excluding carboxylic acids is 2. The van der Waals surface area contributed by atoms with Gasteiger partial charge >= 0.3 is 17.9 Å². The summed E-state index contributed by atoms with van der Waals surface area (Å²) in [7, 11) is 0. The number of aliphatic hydroxyl groups excluding tert-OH is 7. The minimum atomic E-state index is -1.80. The molecule has 16 nitrogen and oxygen atoms in total. The number of ether oxygens (including phenoxy) is 5. The Bertz CT molecular complexity index is 1370. The number of aliphatic hydroxyl groups is 7. The number of carboxylic acids is 1. The van der Waals surface area contributed by atoms with E-state index in [1.807, 2.05) is 6.92 Å². The SMILES string of the molecule is C=C1C[C@@]23CC[C@H]4[C@@](C)(CCC[C@@]4(C)C(=O)O[C@@H]4O[C@H](COC(=O)CC(=O)O)[C@@H](O)[C@H](O)[C@H]4O)[C@@H]2CCC1(O[C@@H]1O[C@H](CO)[C@@H](O)[C@H](O)[C@H]1O)C3. The zero-order valence-corrected chi connectivity index (χ0v) is 29.0. The monoisotopic (exact) mass is 728 g/mol. The number of carboxylic acid groups (broad SMARTS) is 1. The van der Waals surface area contributed by atoms with Crippen LogP contribution in [-0.4, -0.2) is 139 Å². The van der Waals surface area contributed by atoms with Gasteiger partial charge < -0.3 is 64.5 Å². The molecule has 0 aromatic carbocycles.